The Morgan fingerprint density at radius 3 is 2.64 bits per heavy atom. The van der Waals surface area contributed by atoms with Gasteiger partial charge in [0.1, 0.15) is 11.5 Å². The zero-order valence-corrected chi connectivity index (χ0v) is 15.1. The number of aryl methyl sites for hydroxylation is 2. The molecule has 2 saturated heterocycles. The van der Waals surface area contributed by atoms with Crippen LogP contribution in [0.2, 0.25) is 0 Å². The van der Waals surface area contributed by atoms with Gasteiger partial charge in [0.05, 0.1) is 13.2 Å². The minimum absolute atomic E-state index is 0.0567. The second-order valence-corrected chi connectivity index (χ2v) is 7.22. The number of aliphatic hydroxyl groups excluding tert-OH is 1. The lowest BCUT2D eigenvalue weighted by molar-refractivity contribution is 0.0129. The average molecular weight is 348 g/mol. The molecule has 138 valence electrons. The Kier molecular flexibility index (Phi) is 5.98. The van der Waals surface area contributed by atoms with Gasteiger partial charge in [0, 0.05) is 45.0 Å². The molecule has 7 nitrogen and oxygen atoms in total. The van der Waals surface area contributed by atoms with Crippen molar-refractivity contribution in [3.8, 4) is 0 Å². The summed E-state index contributed by atoms with van der Waals surface area (Å²) in [5.41, 5.74) is 1.25. The molecule has 1 amide bonds. The van der Waals surface area contributed by atoms with Crippen molar-refractivity contribution in [2.24, 2.45) is 11.8 Å². The molecule has 1 N–H and O–H groups in total. The van der Waals surface area contributed by atoms with Gasteiger partial charge < -0.3 is 14.7 Å². The van der Waals surface area contributed by atoms with Crippen LogP contribution in [0.1, 0.15) is 28.4 Å². The number of piperidine rings is 1. The molecule has 2 aliphatic rings. The molecule has 3 heterocycles. The van der Waals surface area contributed by atoms with Crippen LogP contribution in [-0.4, -0.2) is 83.3 Å². The van der Waals surface area contributed by atoms with Crippen LogP contribution in [0, 0.1) is 25.7 Å². The molecule has 0 saturated carbocycles. The maximum absolute atomic E-state index is 12.9. The van der Waals surface area contributed by atoms with E-state index in [1.54, 1.807) is 13.0 Å². The summed E-state index contributed by atoms with van der Waals surface area (Å²) in [7, 11) is 0. The van der Waals surface area contributed by atoms with Crippen LogP contribution in [-0.2, 0) is 4.74 Å². The third kappa shape index (κ3) is 4.74. The Hall–Kier alpha value is -1.57. The lowest BCUT2D eigenvalue weighted by atomic mass is 9.89. The minimum Gasteiger partial charge on any atom is -0.396 e. The van der Waals surface area contributed by atoms with E-state index in [0.29, 0.717) is 24.0 Å². The number of morpholine rings is 1. The van der Waals surface area contributed by atoms with E-state index in [1.165, 1.54) is 0 Å². The molecule has 2 fully saturated rings. The first-order chi connectivity index (χ1) is 12.0. The molecule has 1 aromatic heterocycles. The number of aromatic nitrogens is 2. The molecule has 7 heteroatoms. The minimum atomic E-state index is -0.0567. The highest BCUT2D eigenvalue weighted by Gasteiger charge is 2.32. The van der Waals surface area contributed by atoms with E-state index in [9.17, 15) is 9.90 Å². The number of rotatable bonds is 4. The number of amides is 1. The summed E-state index contributed by atoms with van der Waals surface area (Å²) in [6.07, 6.45) is 0.958. The molecule has 0 aliphatic carbocycles. The van der Waals surface area contributed by atoms with Gasteiger partial charge in [-0.25, -0.2) is 9.97 Å². The smallest absolute Gasteiger partial charge is 0.272 e. The van der Waals surface area contributed by atoms with Crippen molar-refractivity contribution >= 4 is 5.91 Å². The molecular formula is C18H28N4O3. The monoisotopic (exact) mass is 348 g/mol. The number of ether oxygens (including phenoxy) is 1. The van der Waals surface area contributed by atoms with Crippen molar-refractivity contribution in [1.29, 1.82) is 0 Å². The van der Waals surface area contributed by atoms with Gasteiger partial charge in [-0.15, -0.1) is 0 Å². The number of aliphatic hydroxyl groups is 1. The SMILES string of the molecule is Cc1cc(C(=O)N2C[C@H](CO)C[C@H](CN3CCOCC3)C2)nc(C)n1. The van der Waals surface area contributed by atoms with E-state index >= 15 is 0 Å². The van der Waals surface area contributed by atoms with Gasteiger partial charge in [-0.2, -0.15) is 0 Å². The summed E-state index contributed by atoms with van der Waals surface area (Å²) in [5.74, 6) is 1.06. The molecule has 2 atom stereocenters. The van der Waals surface area contributed by atoms with E-state index in [2.05, 4.69) is 14.9 Å². The summed E-state index contributed by atoms with van der Waals surface area (Å²) < 4.78 is 5.41. The summed E-state index contributed by atoms with van der Waals surface area (Å²) in [6, 6.07) is 1.74. The largest absolute Gasteiger partial charge is 0.396 e. The number of nitrogens with zero attached hydrogens (tertiary/aromatic N) is 4. The van der Waals surface area contributed by atoms with Gasteiger partial charge in [0.25, 0.3) is 5.91 Å². The van der Waals surface area contributed by atoms with E-state index < -0.39 is 0 Å². The lowest BCUT2D eigenvalue weighted by Crippen LogP contribution is -2.49. The van der Waals surface area contributed by atoms with Gasteiger partial charge in [-0.1, -0.05) is 0 Å². The zero-order valence-electron chi connectivity index (χ0n) is 15.1. The van der Waals surface area contributed by atoms with Crippen molar-refractivity contribution in [2.45, 2.75) is 20.3 Å². The van der Waals surface area contributed by atoms with Crippen LogP contribution in [0.4, 0.5) is 0 Å². The van der Waals surface area contributed by atoms with Gasteiger partial charge in [-0.05, 0) is 38.2 Å². The summed E-state index contributed by atoms with van der Waals surface area (Å²) >= 11 is 0. The molecular weight excluding hydrogens is 320 g/mol. The molecule has 0 spiro atoms. The Bertz CT molecular complexity index is 584. The van der Waals surface area contributed by atoms with Gasteiger partial charge in [-0.3, -0.25) is 9.69 Å². The van der Waals surface area contributed by atoms with Gasteiger partial charge in [0.2, 0.25) is 0 Å². The number of carbonyl (C=O) groups is 1. The van der Waals surface area contributed by atoms with Crippen molar-refractivity contribution in [3.05, 3.63) is 23.3 Å². The van der Waals surface area contributed by atoms with Crippen molar-refractivity contribution in [3.63, 3.8) is 0 Å². The summed E-state index contributed by atoms with van der Waals surface area (Å²) in [4.78, 5) is 25.7. The number of carbonyl (C=O) groups excluding carboxylic acids is 1. The lowest BCUT2D eigenvalue weighted by Gasteiger charge is -2.39. The molecule has 0 bridgehead atoms. The molecule has 2 aliphatic heterocycles. The molecule has 25 heavy (non-hydrogen) atoms. The predicted molar refractivity (Wildman–Crippen MR) is 93.4 cm³/mol. The standard InChI is InChI=1S/C18H28N4O3/c1-13-7-17(20-14(2)19-13)18(24)22-10-15(8-16(11-22)12-23)9-21-3-5-25-6-4-21/h7,15-16,23H,3-6,8-12H2,1-2H3/t15-,16-/m1/s1. The average Bonchev–Trinajstić information content (AvgIpc) is 2.60. The van der Waals surface area contributed by atoms with Gasteiger partial charge in [0.15, 0.2) is 0 Å². The highest BCUT2D eigenvalue weighted by Crippen LogP contribution is 2.24. The van der Waals surface area contributed by atoms with Gasteiger partial charge >= 0.3 is 0 Å². The highest BCUT2D eigenvalue weighted by atomic mass is 16.5. The summed E-state index contributed by atoms with van der Waals surface area (Å²) in [5, 5.41) is 9.68. The van der Waals surface area contributed by atoms with E-state index in [0.717, 1.165) is 51.5 Å². The van der Waals surface area contributed by atoms with E-state index in [4.69, 9.17) is 4.74 Å². The number of likely N-dealkylation sites (tertiary alicyclic amines) is 1. The maximum Gasteiger partial charge on any atom is 0.272 e. The number of hydrogen-bond donors (Lipinski definition) is 1. The van der Waals surface area contributed by atoms with Crippen LogP contribution in [0.5, 0.6) is 0 Å². The fourth-order valence-corrected chi connectivity index (χ4v) is 3.89. The fraction of sp³-hybridized carbons (Fsp3) is 0.722. The fourth-order valence-electron chi connectivity index (χ4n) is 3.89. The first-order valence-corrected chi connectivity index (χ1v) is 9.07. The summed E-state index contributed by atoms with van der Waals surface area (Å²) in [6.45, 7) is 9.49. The van der Waals surface area contributed by atoms with Crippen LogP contribution in [0.3, 0.4) is 0 Å². The van der Waals surface area contributed by atoms with Crippen LogP contribution >= 0.6 is 0 Å². The first kappa shape index (κ1) is 18.2. The Balaban J connectivity index is 1.69. The topological polar surface area (TPSA) is 78.8 Å². The Morgan fingerprint density at radius 1 is 1.24 bits per heavy atom. The van der Waals surface area contributed by atoms with Crippen molar-refractivity contribution < 1.29 is 14.6 Å². The molecule has 0 unspecified atom stereocenters. The second-order valence-electron chi connectivity index (χ2n) is 7.22. The molecule has 3 rings (SSSR count). The molecule has 0 radical (unpaired) electrons. The van der Waals surface area contributed by atoms with Crippen molar-refractivity contribution in [1.82, 2.24) is 19.8 Å². The zero-order chi connectivity index (χ0) is 17.8. The quantitative estimate of drug-likeness (QED) is 0.853. The predicted octanol–water partition coefficient (Wildman–Crippen LogP) is 0.496. The third-order valence-electron chi connectivity index (χ3n) is 4.97. The van der Waals surface area contributed by atoms with Crippen molar-refractivity contribution in [2.75, 3.05) is 52.5 Å². The van der Waals surface area contributed by atoms with Crippen LogP contribution < -0.4 is 0 Å². The normalized spacial score (nSPS) is 25.2. The Labute approximate surface area is 149 Å². The highest BCUT2D eigenvalue weighted by molar-refractivity contribution is 5.92. The first-order valence-electron chi connectivity index (χ1n) is 9.07. The third-order valence-corrected chi connectivity index (χ3v) is 4.97. The Morgan fingerprint density at radius 2 is 1.96 bits per heavy atom. The van der Waals surface area contributed by atoms with Crippen LogP contribution in [0.25, 0.3) is 0 Å². The number of hydrogen-bond acceptors (Lipinski definition) is 6. The van der Waals surface area contributed by atoms with E-state index in [-0.39, 0.29) is 18.4 Å². The molecule has 0 aromatic carbocycles. The molecule has 1 aromatic rings. The van der Waals surface area contributed by atoms with E-state index in [1.807, 2.05) is 11.8 Å². The second kappa shape index (κ2) is 8.21. The maximum atomic E-state index is 12.9. The van der Waals surface area contributed by atoms with Crippen LogP contribution in [0.15, 0.2) is 6.07 Å².